The summed E-state index contributed by atoms with van der Waals surface area (Å²) >= 11 is 0.753. The van der Waals surface area contributed by atoms with E-state index in [4.69, 9.17) is 4.52 Å². The molecule has 0 bridgehead atoms. The Labute approximate surface area is 181 Å². The zero-order valence-corrected chi connectivity index (χ0v) is 17.8. The van der Waals surface area contributed by atoms with E-state index < -0.39 is 15.9 Å². The number of nitrogens with one attached hydrogen (secondary N) is 1. The van der Waals surface area contributed by atoms with E-state index in [9.17, 15) is 13.2 Å². The number of nitrogens with zero attached hydrogens (tertiary/aromatic N) is 5. The van der Waals surface area contributed by atoms with Crippen molar-refractivity contribution < 1.29 is 17.7 Å². The van der Waals surface area contributed by atoms with Gasteiger partial charge in [-0.05, 0) is 12.1 Å². The van der Waals surface area contributed by atoms with Crippen LogP contribution in [0.15, 0.2) is 69.5 Å². The Balaban J connectivity index is 1.45. The highest BCUT2D eigenvalue weighted by molar-refractivity contribution is 7.91. The second-order valence-electron chi connectivity index (χ2n) is 6.33. The third-order valence-corrected chi connectivity index (χ3v) is 7.14. The first-order valence-electron chi connectivity index (χ1n) is 8.98. The second-order valence-corrected chi connectivity index (χ2v) is 9.53. The lowest BCUT2D eigenvalue weighted by atomic mass is 10.2. The molecule has 1 N–H and O–H groups in total. The van der Waals surface area contributed by atoms with E-state index in [2.05, 4.69) is 25.7 Å². The van der Waals surface area contributed by atoms with Gasteiger partial charge in [0.05, 0.1) is 6.54 Å². The van der Waals surface area contributed by atoms with Crippen molar-refractivity contribution in [3.63, 3.8) is 0 Å². The minimum Gasteiger partial charge on any atom is -0.338 e. The van der Waals surface area contributed by atoms with Crippen LogP contribution in [0, 0.1) is 0 Å². The van der Waals surface area contributed by atoms with Gasteiger partial charge in [0, 0.05) is 18.2 Å². The Hall–Kier alpha value is -3.48. The quantitative estimate of drug-likeness (QED) is 0.420. The smallest absolute Gasteiger partial charge is 0.272 e. The maximum absolute atomic E-state index is 12.8. The topological polar surface area (TPSA) is 131 Å². The molecular weight excluding hydrogens is 440 g/mol. The molecule has 2 aromatic heterocycles. The van der Waals surface area contributed by atoms with Crippen molar-refractivity contribution in [3.8, 4) is 11.4 Å². The molecule has 0 saturated heterocycles. The fraction of sp³-hybridized carbons (Fsp3) is 0.105. The van der Waals surface area contributed by atoms with Gasteiger partial charge in [0.2, 0.25) is 21.2 Å². The molecule has 12 heteroatoms. The SMILES string of the molecule is CN(Cc1nc(-c2ccccc2)no1)S(=O)(=O)c1nnc(NC(=O)c2ccccc2)s1. The molecule has 0 aliphatic heterocycles. The first-order chi connectivity index (χ1) is 14.9. The Morgan fingerprint density at radius 3 is 2.45 bits per heavy atom. The summed E-state index contributed by atoms with van der Waals surface area (Å²) in [5.41, 5.74) is 1.18. The van der Waals surface area contributed by atoms with Gasteiger partial charge in [-0.3, -0.25) is 10.1 Å². The van der Waals surface area contributed by atoms with Gasteiger partial charge >= 0.3 is 0 Å². The highest BCUT2D eigenvalue weighted by Gasteiger charge is 2.28. The lowest BCUT2D eigenvalue weighted by Crippen LogP contribution is -2.26. The lowest BCUT2D eigenvalue weighted by molar-refractivity contribution is 0.102. The number of amides is 1. The Morgan fingerprint density at radius 1 is 1.06 bits per heavy atom. The molecular formula is C19H16N6O4S2. The number of carbonyl (C=O) groups excluding carboxylic acids is 1. The van der Waals surface area contributed by atoms with Crippen molar-refractivity contribution >= 4 is 32.4 Å². The molecule has 0 spiro atoms. The van der Waals surface area contributed by atoms with Crippen LogP contribution in [0.3, 0.4) is 0 Å². The van der Waals surface area contributed by atoms with Crippen LogP contribution in [0.5, 0.6) is 0 Å². The summed E-state index contributed by atoms with van der Waals surface area (Å²) in [6.45, 7) is -0.145. The standard InChI is InChI=1S/C19H16N6O4S2/c1-25(12-15-20-16(24-29-15)13-8-4-2-5-9-13)31(27,28)19-23-22-18(30-19)21-17(26)14-10-6-3-7-11-14/h2-11H,12H2,1H3,(H,21,22,26). The summed E-state index contributed by atoms with van der Waals surface area (Å²) in [5, 5.41) is 14.0. The van der Waals surface area contributed by atoms with Crippen molar-refractivity contribution in [2.75, 3.05) is 12.4 Å². The van der Waals surface area contributed by atoms with Crippen molar-refractivity contribution in [2.24, 2.45) is 0 Å². The van der Waals surface area contributed by atoms with Gasteiger partial charge in [0.15, 0.2) is 0 Å². The third kappa shape index (κ3) is 4.66. The summed E-state index contributed by atoms with van der Waals surface area (Å²) in [7, 11) is -2.61. The molecule has 0 saturated carbocycles. The summed E-state index contributed by atoms with van der Waals surface area (Å²) < 4.78 is 31.6. The molecule has 10 nitrogen and oxygen atoms in total. The van der Waals surface area contributed by atoms with Gasteiger partial charge in [0.1, 0.15) is 0 Å². The normalized spacial score (nSPS) is 11.5. The minimum absolute atomic E-state index is 0.0741. The molecule has 0 fully saturated rings. The van der Waals surface area contributed by atoms with Crippen LogP contribution in [0.25, 0.3) is 11.4 Å². The molecule has 2 heterocycles. The number of rotatable bonds is 7. The van der Waals surface area contributed by atoms with Gasteiger partial charge < -0.3 is 4.52 Å². The molecule has 0 unspecified atom stereocenters. The predicted molar refractivity (Wildman–Crippen MR) is 113 cm³/mol. The molecule has 4 rings (SSSR count). The van der Waals surface area contributed by atoms with Crippen molar-refractivity contribution in [1.82, 2.24) is 24.6 Å². The van der Waals surface area contributed by atoms with Crippen LogP contribution in [0.1, 0.15) is 16.2 Å². The van der Waals surface area contributed by atoms with Gasteiger partial charge in [-0.1, -0.05) is 65.0 Å². The van der Waals surface area contributed by atoms with Crippen molar-refractivity contribution in [2.45, 2.75) is 10.9 Å². The number of hydrogen-bond acceptors (Lipinski definition) is 9. The number of hydrogen-bond donors (Lipinski definition) is 1. The van der Waals surface area contributed by atoms with Gasteiger partial charge in [0.25, 0.3) is 15.9 Å². The molecule has 0 atom stereocenters. The maximum Gasteiger partial charge on any atom is 0.272 e. The van der Waals surface area contributed by atoms with E-state index >= 15 is 0 Å². The Kier molecular flexibility index (Phi) is 5.84. The van der Waals surface area contributed by atoms with E-state index in [0.29, 0.717) is 11.4 Å². The molecule has 2 aromatic carbocycles. The fourth-order valence-corrected chi connectivity index (χ4v) is 4.76. The molecule has 0 radical (unpaired) electrons. The van der Waals surface area contributed by atoms with E-state index in [1.807, 2.05) is 30.3 Å². The van der Waals surface area contributed by atoms with E-state index in [0.717, 1.165) is 21.2 Å². The van der Waals surface area contributed by atoms with Gasteiger partial charge in [-0.15, -0.1) is 10.2 Å². The zero-order valence-electron chi connectivity index (χ0n) is 16.2. The molecule has 158 valence electrons. The lowest BCUT2D eigenvalue weighted by Gasteiger charge is -2.11. The van der Waals surface area contributed by atoms with E-state index in [1.165, 1.54) is 7.05 Å². The Bertz CT molecular complexity index is 1290. The molecule has 0 aliphatic rings. The fourth-order valence-electron chi connectivity index (χ4n) is 2.56. The van der Waals surface area contributed by atoms with Crippen LogP contribution in [0.2, 0.25) is 0 Å². The first-order valence-corrected chi connectivity index (χ1v) is 11.2. The zero-order chi connectivity index (χ0) is 21.8. The maximum atomic E-state index is 12.8. The minimum atomic E-state index is -3.97. The van der Waals surface area contributed by atoms with Crippen LogP contribution in [-0.4, -0.2) is 46.0 Å². The highest BCUT2D eigenvalue weighted by atomic mass is 32.2. The monoisotopic (exact) mass is 456 g/mol. The van der Waals surface area contributed by atoms with Crippen LogP contribution in [-0.2, 0) is 16.6 Å². The largest absolute Gasteiger partial charge is 0.338 e. The van der Waals surface area contributed by atoms with Crippen LogP contribution in [0.4, 0.5) is 5.13 Å². The van der Waals surface area contributed by atoms with Crippen LogP contribution >= 0.6 is 11.3 Å². The van der Waals surface area contributed by atoms with Gasteiger partial charge in [-0.25, -0.2) is 8.42 Å². The van der Waals surface area contributed by atoms with E-state index in [-0.39, 0.29) is 21.9 Å². The summed E-state index contributed by atoms with van der Waals surface area (Å²) in [6.07, 6.45) is 0. The average Bonchev–Trinajstić information content (AvgIpc) is 3.45. The summed E-state index contributed by atoms with van der Waals surface area (Å²) in [4.78, 5) is 16.4. The first kappa shape index (κ1) is 20.8. The molecule has 1 amide bonds. The van der Waals surface area contributed by atoms with Gasteiger partial charge in [-0.2, -0.15) is 9.29 Å². The number of sulfonamides is 1. The second kappa shape index (κ2) is 8.71. The Morgan fingerprint density at radius 2 is 1.74 bits per heavy atom. The molecule has 0 aliphatic carbocycles. The number of aromatic nitrogens is 4. The van der Waals surface area contributed by atoms with E-state index in [1.54, 1.807) is 30.3 Å². The molecule has 31 heavy (non-hydrogen) atoms. The number of carbonyl (C=O) groups is 1. The average molecular weight is 457 g/mol. The van der Waals surface area contributed by atoms with Crippen LogP contribution < -0.4 is 5.32 Å². The third-order valence-electron chi connectivity index (χ3n) is 4.15. The summed E-state index contributed by atoms with van der Waals surface area (Å²) in [5.74, 6) is 0.0867. The number of anilines is 1. The predicted octanol–water partition coefficient (Wildman–Crippen LogP) is 2.66. The molecule has 4 aromatic rings. The highest BCUT2D eigenvalue weighted by Crippen LogP contribution is 2.24. The summed E-state index contributed by atoms with van der Waals surface area (Å²) in [6, 6.07) is 17.7. The number of benzene rings is 2. The van der Waals surface area contributed by atoms with Crippen molar-refractivity contribution in [1.29, 1.82) is 0 Å². The van der Waals surface area contributed by atoms with Crippen molar-refractivity contribution in [3.05, 3.63) is 72.1 Å².